The Labute approximate surface area is 110 Å². The number of furan rings is 1. The number of aromatic nitrogens is 2. The number of imidazole rings is 1. The molecule has 0 saturated carbocycles. The first-order chi connectivity index (χ1) is 9.20. The van der Waals surface area contributed by atoms with E-state index in [4.69, 9.17) is 14.9 Å². The number of nitrogens with two attached hydrogens (primary N) is 1. The summed E-state index contributed by atoms with van der Waals surface area (Å²) in [7, 11) is 1.63. The molecule has 1 atom stereocenters. The quantitative estimate of drug-likeness (QED) is 0.783. The lowest BCUT2D eigenvalue weighted by Crippen LogP contribution is -2.09. The summed E-state index contributed by atoms with van der Waals surface area (Å²) in [6.45, 7) is 2.03. The van der Waals surface area contributed by atoms with E-state index in [9.17, 15) is 0 Å². The van der Waals surface area contributed by atoms with Crippen molar-refractivity contribution in [2.24, 2.45) is 0 Å². The number of ether oxygens (including phenoxy) is 1. The Morgan fingerprint density at radius 1 is 1.37 bits per heavy atom. The number of benzene rings is 1. The summed E-state index contributed by atoms with van der Waals surface area (Å²) in [4.78, 5) is 4.37. The number of rotatable bonds is 3. The number of hydrogen-bond acceptors (Lipinski definition) is 4. The maximum Gasteiger partial charge on any atom is 0.201 e. The van der Waals surface area contributed by atoms with Crippen molar-refractivity contribution in [3.63, 3.8) is 0 Å². The van der Waals surface area contributed by atoms with Gasteiger partial charge in [0, 0.05) is 6.07 Å². The normalized spacial score (nSPS) is 12.7. The lowest BCUT2D eigenvalue weighted by Gasteiger charge is -2.13. The number of nitrogens with zero attached hydrogens (tertiary/aromatic N) is 2. The van der Waals surface area contributed by atoms with Crippen molar-refractivity contribution in [2.75, 3.05) is 12.8 Å². The highest BCUT2D eigenvalue weighted by molar-refractivity contribution is 5.80. The van der Waals surface area contributed by atoms with Gasteiger partial charge < -0.3 is 19.5 Å². The van der Waals surface area contributed by atoms with Crippen molar-refractivity contribution < 1.29 is 9.15 Å². The van der Waals surface area contributed by atoms with Gasteiger partial charge >= 0.3 is 0 Å². The average Bonchev–Trinajstić information content (AvgIpc) is 3.03. The lowest BCUT2D eigenvalue weighted by molar-refractivity contribution is 0.415. The third-order valence-electron chi connectivity index (χ3n) is 3.27. The van der Waals surface area contributed by atoms with Crippen molar-refractivity contribution in [1.82, 2.24) is 9.55 Å². The van der Waals surface area contributed by atoms with Gasteiger partial charge in [-0.25, -0.2) is 4.98 Å². The summed E-state index contributed by atoms with van der Waals surface area (Å²) in [5, 5.41) is 0. The first-order valence-corrected chi connectivity index (χ1v) is 6.05. The zero-order valence-corrected chi connectivity index (χ0v) is 10.8. The zero-order chi connectivity index (χ0) is 13.4. The molecule has 1 aromatic carbocycles. The van der Waals surface area contributed by atoms with Gasteiger partial charge in [0.2, 0.25) is 5.95 Å². The van der Waals surface area contributed by atoms with E-state index in [1.807, 2.05) is 41.8 Å². The molecule has 3 rings (SSSR count). The third kappa shape index (κ3) is 1.83. The smallest absolute Gasteiger partial charge is 0.201 e. The molecule has 2 N–H and O–H groups in total. The van der Waals surface area contributed by atoms with Gasteiger partial charge in [0.25, 0.3) is 0 Å². The third-order valence-corrected chi connectivity index (χ3v) is 3.27. The molecule has 98 valence electrons. The maximum atomic E-state index is 6.02. The van der Waals surface area contributed by atoms with Crippen LogP contribution in [-0.4, -0.2) is 16.7 Å². The Bertz CT molecular complexity index is 701. The van der Waals surface area contributed by atoms with Crippen LogP contribution in [0.1, 0.15) is 18.7 Å². The summed E-state index contributed by atoms with van der Waals surface area (Å²) in [5.41, 5.74) is 7.80. The van der Waals surface area contributed by atoms with E-state index in [-0.39, 0.29) is 6.04 Å². The molecule has 3 aromatic rings. The lowest BCUT2D eigenvalue weighted by atomic mass is 10.2. The van der Waals surface area contributed by atoms with Gasteiger partial charge in [0.15, 0.2) is 0 Å². The molecule has 2 aromatic heterocycles. The summed E-state index contributed by atoms with van der Waals surface area (Å²) in [5.74, 6) is 2.08. The summed E-state index contributed by atoms with van der Waals surface area (Å²) in [6, 6.07) is 9.51. The molecule has 5 nitrogen and oxygen atoms in total. The largest absolute Gasteiger partial charge is 0.497 e. The van der Waals surface area contributed by atoms with Gasteiger partial charge in [-0.1, -0.05) is 0 Å². The molecule has 0 saturated heterocycles. The van der Waals surface area contributed by atoms with Crippen molar-refractivity contribution in [2.45, 2.75) is 13.0 Å². The number of nitrogen functional groups attached to an aromatic ring is 1. The molecule has 0 spiro atoms. The minimum atomic E-state index is -0.00612. The van der Waals surface area contributed by atoms with Gasteiger partial charge in [0.1, 0.15) is 11.5 Å². The van der Waals surface area contributed by atoms with E-state index in [1.165, 1.54) is 0 Å². The van der Waals surface area contributed by atoms with E-state index < -0.39 is 0 Å². The molecule has 19 heavy (non-hydrogen) atoms. The minimum absolute atomic E-state index is 0.00612. The van der Waals surface area contributed by atoms with Gasteiger partial charge in [0.05, 0.1) is 30.4 Å². The first-order valence-electron chi connectivity index (χ1n) is 6.05. The van der Waals surface area contributed by atoms with Crippen LogP contribution < -0.4 is 10.5 Å². The molecule has 5 heteroatoms. The van der Waals surface area contributed by atoms with E-state index >= 15 is 0 Å². The number of fused-ring (bicyclic) bond motifs is 1. The van der Waals surface area contributed by atoms with E-state index in [0.29, 0.717) is 5.95 Å². The van der Waals surface area contributed by atoms with Crippen LogP contribution in [0.3, 0.4) is 0 Å². The van der Waals surface area contributed by atoms with Gasteiger partial charge in [-0.2, -0.15) is 0 Å². The summed E-state index contributed by atoms with van der Waals surface area (Å²) in [6.07, 6.45) is 1.66. The summed E-state index contributed by atoms with van der Waals surface area (Å²) < 4.78 is 12.6. The Balaban J connectivity index is 2.15. The molecule has 0 aliphatic carbocycles. The number of hydrogen-bond donors (Lipinski definition) is 1. The van der Waals surface area contributed by atoms with Crippen LogP contribution in [0.2, 0.25) is 0 Å². The number of anilines is 1. The average molecular weight is 257 g/mol. The van der Waals surface area contributed by atoms with Gasteiger partial charge in [-0.15, -0.1) is 0 Å². The molecular weight excluding hydrogens is 242 g/mol. The molecule has 2 heterocycles. The van der Waals surface area contributed by atoms with Crippen LogP contribution in [-0.2, 0) is 0 Å². The van der Waals surface area contributed by atoms with Crippen LogP contribution in [0.4, 0.5) is 5.95 Å². The molecule has 0 bridgehead atoms. The zero-order valence-electron chi connectivity index (χ0n) is 10.8. The first kappa shape index (κ1) is 11.6. The molecule has 0 amide bonds. The highest BCUT2D eigenvalue weighted by Crippen LogP contribution is 2.29. The minimum Gasteiger partial charge on any atom is -0.497 e. The van der Waals surface area contributed by atoms with Crippen molar-refractivity contribution in [3.8, 4) is 5.75 Å². The Morgan fingerprint density at radius 2 is 2.21 bits per heavy atom. The SMILES string of the molecule is COc1ccc2c(c1)nc(N)n2C(C)c1ccco1. The predicted octanol–water partition coefficient (Wildman–Crippen LogP) is 2.83. The van der Waals surface area contributed by atoms with E-state index in [0.717, 1.165) is 22.5 Å². The fourth-order valence-electron chi connectivity index (χ4n) is 2.29. The second-order valence-corrected chi connectivity index (χ2v) is 4.39. The highest BCUT2D eigenvalue weighted by atomic mass is 16.5. The van der Waals surface area contributed by atoms with Crippen LogP contribution in [0, 0.1) is 0 Å². The standard InChI is InChI=1S/C14H15N3O2/c1-9(13-4-3-7-19-13)17-12-6-5-10(18-2)8-11(12)16-14(17)15/h3-9H,1-2H3,(H2,15,16). The molecule has 0 fully saturated rings. The molecule has 1 unspecified atom stereocenters. The summed E-state index contributed by atoms with van der Waals surface area (Å²) >= 11 is 0. The van der Waals surface area contributed by atoms with Crippen LogP contribution in [0.5, 0.6) is 5.75 Å². The Kier molecular flexibility index (Phi) is 2.67. The highest BCUT2D eigenvalue weighted by Gasteiger charge is 2.17. The van der Waals surface area contributed by atoms with Gasteiger partial charge in [-0.3, -0.25) is 0 Å². The Hall–Kier alpha value is -2.43. The van der Waals surface area contributed by atoms with Crippen LogP contribution >= 0.6 is 0 Å². The van der Waals surface area contributed by atoms with Crippen molar-refractivity contribution in [1.29, 1.82) is 0 Å². The monoisotopic (exact) mass is 257 g/mol. The molecular formula is C14H15N3O2. The maximum absolute atomic E-state index is 6.02. The van der Waals surface area contributed by atoms with Crippen molar-refractivity contribution >= 4 is 17.0 Å². The van der Waals surface area contributed by atoms with E-state index in [2.05, 4.69) is 4.98 Å². The topological polar surface area (TPSA) is 66.2 Å². The molecule has 0 radical (unpaired) electrons. The molecule has 0 aliphatic rings. The van der Waals surface area contributed by atoms with Crippen LogP contribution in [0.25, 0.3) is 11.0 Å². The fourth-order valence-corrected chi connectivity index (χ4v) is 2.29. The second kappa shape index (κ2) is 4.35. The Morgan fingerprint density at radius 3 is 2.89 bits per heavy atom. The van der Waals surface area contributed by atoms with Gasteiger partial charge in [-0.05, 0) is 31.2 Å². The van der Waals surface area contributed by atoms with Crippen LogP contribution in [0.15, 0.2) is 41.0 Å². The van der Waals surface area contributed by atoms with Crippen molar-refractivity contribution in [3.05, 3.63) is 42.4 Å². The number of methoxy groups -OCH3 is 1. The second-order valence-electron chi connectivity index (χ2n) is 4.39. The molecule has 0 aliphatic heterocycles. The predicted molar refractivity (Wildman–Crippen MR) is 73.2 cm³/mol. The fraction of sp³-hybridized carbons (Fsp3) is 0.214. The van der Waals surface area contributed by atoms with E-state index in [1.54, 1.807) is 13.4 Å².